The topological polar surface area (TPSA) is 81.3 Å². The van der Waals surface area contributed by atoms with Crippen molar-refractivity contribution >= 4 is 52.0 Å². The lowest BCUT2D eigenvalue weighted by molar-refractivity contribution is -0.120. The number of piperidine rings is 1. The van der Waals surface area contributed by atoms with Gasteiger partial charge in [0.15, 0.2) is 5.69 Å². The third kappa shape index (κ3) is 6.55. The summed E-state index contributed by atoms with van der Waals surface area (Å²) in [5, 5.41) is 15.1. The lowest BCUT2D eigenvalue weighted by Gasteiger charge is -2.37. The summed E-state index contributed by atoms with van der Waals surface area (Å²) in [6, 6.07) is 9.13. The Bertz CT molecular complexity index is 1430. The fraction of sp³-hybridized carbons (Fsp3) is 0.433. The van der Waals surface area contributed by atoms with Crippen LogP contribution in [0.3, 0.4) is 0 Å². The van der Waals surface area contributed by atoms with Crippen molar-refractivity contribution in [2.75, 3.05) is 18.1 Å². The minimum Gasteiger partial charge on any atom is -0.352 e. The van der Waals surface area contributed by atoms with E-state index >= 15 is 0 Å². The van der Waals surface area contributed by atoms with E-state index in [9.17, 15) is 9.59 Å². The van der Waals surface area contributed by atoms with Crippen LogP contribution < -0.4 is 10.3 Å². The number of hydrazine groups is 1. The Morgan fingerprint density at radius 1 is 1.12 bits per heavy atom. The molecular formula is C30H33Cl2N5O2S. The van der Waals surface area contributed by atoms with Crippen LogP contribution in [0.1, 0.15) is 79.2 Å². The van der Waals surface area contributed by atoms with Gasteiger partial charge in [-0.1, -0.05) is 61.2 Å². The number of benzene rings is 1. The lowest BCUT2D eigenvalue weighted by atomic mass is 10.1. The van der Waals surface area contributed by atoms with Gasteiger partial charge in [-0.15, -0.1) is 11.3 Å². The first-order valence-electron chi connectivity index (χ1n) is 13.9. The van der Waals surface area contributed by atoms with E-state index in [0.29, 0.717) is 39.3 Å². The molecule has 5 rings (SSSR count). The third-order valence-electron chi connectivity index (χ3n) is 7.41. The summed E-state index contributed by atoms with van der Waals surface area (Å²) in [6.07, 6.45) is 8.24. The van der Waals surface area contributed by atoms with Gasteiger partial charge in [0.05, 0.1) is 26.2 Å². The predicted octanol–water partition coefficient (Wildman–Crippen LogP) is 7.06. The number of hydrogen-bond acceptors (Lipinski definition) is 5. The zero-order chi connectivity index (χ0) is 28.1. The molecule has 40 heavy (non-hydrogen) atoms. The van der Waals surface area contributed by atoms with Crippen LogP contribution in [0, 0.1) is 17.8 Å². The number of anilines is 1. The van der Waals surface area contributed by atoms with Crippen molar-refractivity contribution in [3.05, 3.63) is 56.5 Å². The largest absolute Gasteiger partial charge is 0.352 e. The van der Waals surface area contributed by atoms with E-state index < -0.39 is 0 Å². The highest BCUT2D eigenvalue weighted by Gasteiger charge is 2.32. The normalized spacial score (nSPS) is 16.0. The number of H-pyrrole nitrogens is 1. The van der Waals surface area contributed by atoms with Crippen LogP contribution in [-0.2, 0) is 11.3 Å². The van der Waals surface area contributed by atoms with Crippen LogP contribution in [0.15, 0.2) is 30.3 Å². The molecule has 2 fully saturated rings. The van der Waals surface area contributed by atoms with Crippen LogP contribution in [0.25, 0.3) is 10.6 Å². The van der Waals surface area contributed by atoms with Crippen LogP contribution >= 0.6 is 34.5 Å². The molecule has 1 aliphatic heterocycles. The summed E-state index contributed by atoms with van der Waals surface area (Å²) >= 11 is 14.4. The summed E-state index contributed by atoms with van der Waals surface area (Å²) in [5.41, 5.74) is 2.14. The average Bonchev–Trinajstić information content (AvgIpc) is 3.73. The van der Waals surface area contributed by atoms with E-state index in [-0.39, 0.29) is 24.1 Å². The Balaban J connectivity index is 1.52. The van der Waals surface area contributed by atoms with Crippen molar-refractivity contribution in [3.8, 4) is 22.4 Å². The summed E-state index contributed by atoms with van der Waals surface area (Å²) in [7, 11) is 0. The van der Waals surface area contributed by atoms with Crippen molar-refractivity contribution < 1.29 is 9.59 Å². The molecule has 0 atom stereocenters. The quantitative estimate of drug-likeness (QED) is 0.286. The lowest BCUT2D eigenvalue weighted by Crippen LogP contribution is -2.49. The number of halogens is 2. The van der Waals surface area contributed by atoms with Gasteiger partial charge in [-0.25, -0.2) is 10.0 Å². The number of aromatic nitrogens is 2. The van der Waals surface area contributed by atoms with E-state index in [1.807, 2.05) is 17.1 Å². The van der Waals surface area contributed by atoms with Gasteiger partial charge >= 0.3 is 0 Å². The van der Waals surface area contributed by atoms with Crippen LogP contribution in [-0.4, -0.2) is 40.1 Å². The third-order valence-corrected chi connectivity index (χ3v) is 8.96. The second-order valence-corrected chi connectivity index (χ2v) is 12.1. The monoisotopic (exact) mass is 597 g/mol. The van der Waals surface area contributed by atoms with Gasteiger partial charge in [-0.3, -0.25) is 14.7 Å². The van der Waals surface area contributed by atoms with E-state index in [0.717, 1.165) is 42.1 Å². The number of amides is 2. The second kappa shape index (κ2) is 13.2. The number of thiophene rings is 1. The fourth-order valence-electron chi connectivity index (χ4n) is 5.23. The number of nitrogens with one attached hydrogen (secondary N) is 2. The molecule has 1 saturated heterocycles. The van der Waals surface area contributed by atoms with E-state index in [2.05, 4.69) is 27.4 Å². The minimum absolute atomic E-state index is 0.103. The number of rotatable bonds is 7. The number of nitrogens with zero attached hydrogens (tertiary/aromatic N) is 3. The highest BCUT2D eigenvalue weighted by molar-refractivity contribution is 7.16. The molecule has 2 amide bonds. The number of aromatic amines is 1. The van der Waals surface area contributed by atoms with Crippen molar-refractivity contribution in [2.24, 2.45) is 5.92 Å². The van der Waals surface area contributed by atoms with Gasteiger partial charge in [-0.2, -0.15) is 5.10 Å². The van der Waals surface area contributed by atoms with Crippen LogP contribution in [0.2, 0.25) is 10.0 Å². The smallest absolute Gasteiger partial charge is 0.293 e. The molecule has 3 heterocycles. The van der Waals surface area contributed by atoms with Crippen molar-refractivity contribution in [1.82, 2.24) is 20.5 Å². The van der Waals surface area contributed by atoms with E-state index in [1.54, 1.807) is 41.5 Å². The van der Waals surface area contributed by atoms with E-state index in [4.69, 9.17) is 23.2 Å². The van der Waals surface area contributed by atoms with Gasteiger partial charge < -0.3 is 5.32 Å². The Morgan fingerprint density at radius 3 is 2.62 bits per heavy atom. The first-order chi connectivity index (χ1) is 19.4. The molecule has 2 N–H and O–H groups in total. The fourth-order valence-corrected chi connectivity index (χ4v) is 6.61. The maximum atomic E-state index is 14.3. The summed E-state index contributed by atoms with van der Waals surface area (Å²) in [5.74, 6) is 6.81. The van der Waals surface area contributed by atoms with Crippen molar-refractivity contribution in [1.29, 1.82) is 0 Å². The molecule has 0 unspecified atom stereocenters. The number of carbonyl (C=O) groups excluding carboxylic acids is 2. The Morgan fingerprint density at radius 2 is 1.90 bits per heavy atom. The zero-order valence-corrected chi connectivity index (χ0v) is 24.9. The molecule has 7 nitrogen and oxygen atoms in total. The summed E-state index contributed by atoms with van der Waals surface area (Å²) in [6.45, 7) is 3.41. The number of carbonyl (C=O) groups is 2. The van der Waals surface area contributed by atoms with Gasteiger partial charge in [0, 0.05) is 42.6 Å². The highest BCUT2D eigenvalue weighted by Crippen LogP contribution is 2.35. The van der Waals surface area contributed by atoms with Gasteiger partial charge in [0.1, 0.15) is 0 Å². The standard InChI is InChI=1S/C30H33Cl2N5O2S/c1-2-27(38)33-19-23-28(26-15-13-22(40-26)12-10-20-8-4-5-9-20)34-35-29(23)30(39)37(36-16-6-3-7-17-36)25-14-11-21(31)18-24(25)32/h11,13-15,18,20H,2-9,16-17,19H2,1H3,(H,33,38)(H,34,35). The molecule has 10 heteroatoms. The molecule has 0 spiro atoms. The maximum Gasteiger partial charge on any atom is 0.293 e. The first kappa shape index (κ1) is 28.7. The predicted molar refractivity (Wildman–Crippen MR) is 162 cm³/mol. The van der Waals surface area contributed by atoms with E-state index in [1.165, 1.54) is 25.7 Å². The highest BCUT2D eigenvalue weighted by atomic mass is 35.5. The Labute approximate surface area is 249 Å². The Hall–Kier alpha value is -2.83. The summed E-state index contributed by atoms with van der Waals surface area (Å²) in [4.78, 5) is 28.4. The summed E-state index contributed by atoms with van der Waals surface area (Å²) < 4.78 is 0. The van der Waals surface area contributed by atoms with Crippen molar-refractivity contribution in [2.45, 2.75) is 64.8 Å². The number of hydrogen-bond donors (Lipinski definition) is 2. The molecule has 0 radical (unpaired) electrons. The van der Waals surface area contributed by atoms with Gasteiger partial charge in [0.2, 0.25) is 5.91 Å². The molecule has 0 bridgehead atoms. The molecule has 1 aliphatic carbocycles. The molecule has 1 saturated carbocycles. The zero-order valence-electron chi connectivity index (χ0n) is 22.6. The van der Waals surface area contributed by atoms with Gasteiger partial charge in [0.25, 0.3) is 5.91 Å². The SMILES string of the molecule is CCC(=O)NCc1c(C(=O)N(c2ccc(Cl)cc2Cl)N2CCCCC2)n[nH]c1-c1ccc(C#CC2CCCC2)s1. The average molecular weight is 599 g/mol. The second-order valence-electron chi connectivity index (χ2n) is 10.2. The molecule has 2 aromatic heterocycles. The molecular weight excluding hydrogens is 565 g/mol. The van der Waals surface area contributed by atoms with Gasteiger partial charge in [-0.05, 0) is 56.0 Å². The molecule has 2 aliphatic rings. The molecule has 210 valence electrons. The minimum atomic E-state index is -0.313. The first-order valence-corrected chi connectivity index (χ1v) is 15.5. The van der Waals surface area contributed by atoms with Crippen LogP contribution in [0.5, 0.6) is 0 Å². The Kier molecular flexibility index (Phi) is 9.48. The maximum absolute atomic E-state index is 14.3. The van der Waals surface area contributed by atoms with Crippen LogP contribution in [0.4, 0.5) is 5.69 Å². The molecule has 1 aromatic carbocycles. The van der Waals surface area contributed by atoms with Crippen molar-refractivity contribution in [3.63, 3.8) is 0 Å². The molecule has 3 aromatic rings.